The van der Waals surface area contributed by atoms with Gasteiger partial charge in [0.25, 0.3) is 11.5 Å². The number of benzene rings is 2. The van der Waals surface area contributed by atoms with Gasteiger partial charge in [0.2, 0.25) is 0 Å². The molecule has 0 bridgehead atoms. The van der Waals surface area contributed by atoms with Gasteiger partial charge in [-0.05, 0) is 11.6 Å². The van der Waals surface area contributed by atoms with Gasteiger partial charge < -0.3 is 10.2 Å². The average Bonchev–Trinajstić information content (AvgIpc) is 2.61. The van der Waals surface area contributed by atoms with Crippen LogP contribution in [0.2, 0.25) is 0 Å². The number of carbonyl (C=O) groups is 1. The summed E-state index contributed by atoms with van der Waals surface area (Å²) in [5.74, 6) is -0.311. The molecule has 3 rings (SSSR count). The monoisotopic (exact) mass is 337 g/mol. The molecule has 2 aromatic carbocycles. The highest BCUT2D eigenvalue weighted by Gasteiger charge is 2.13. The Kier molecular flexibility index (Phi) is 4.90. The molecule has 25 heavy (non-hydrogen) atoms. The topological polar surface area (TPSA) is 79.3 Å². The fourth-order valence-electron chi connectivity index (χ4n) is 2.74. The molecule has 6 heteroatoms. The molecule has 1 heterocycles. The number of carbonyl (C=O) groups excluding carboxylic acids is 1. The molecule has 0 unspecified atom stereocenters. The molecule has 0 aliphatic rings. The van der Waals surface area contributed by atoms with E-state index in [-0.39, 0.29) is 17.2 Å². The highest BCUT2D eigenvalue weighted by molar-refractivity contribution is 6.04. The summed E-state index contributed by atoms with van der Waals surface area (Å²) in [5, 5.41) is 10.2. The molecule has 1 amide bonds. The predicted octanol–water partition coefficient (Wildman–Crippen LogP) is 0.498. The molecule has 6 nitrogen and oxygen atoms in total. The first-order chi connectivity index (χ1) is 12.0. The van der Waals surface area contributed by atoms with Crippen molar-refractivity contribution in [2.45, 2.75) is 13.1 Å². The van der Waals surface area contributed by atoms with E-state index in [9.17, 15) is 9.59 Å². The Balaban J connectivity index is 1.73. The zero-order valence-electron chi connectivity index (χ0n) is 14.3. The maximum absolute atomic E-state index is 12.5. The van der Waals surface area contributed by atoms with Gasteiger partial charge in [-0.2, -0.15) is 5.10 Å². The molecule has 0 aliphatic carbocycles. The third-order valence-electron chi connectivity index (χ3n) is 3.94. The van der Waals surface area contributed by atoms with Crippen LogP contribution in [0.3, 0.4) is 0 Å². The number of nitrogens with one attached hydrogen (secondary N) is 3. The lowest BCUT2D eigenvalue weighted by atomic mass is 10.1. The van der Waals surface area contributed by atoms with E-state index < -0.39 is 0 Å². The Morgan fingerprint density at radius 2 is 1.68 bits per heavy atom. The zero-order chi connectivity index (χ0) is 17.8. The highest BCUT2D eigenvalue weighted by Crippen LogP contribution is 2.12. The second-order valence-corrected chi connectivity index (χ2v) is 6.33. The fraction of sp³-hybridized carbons (Fsp3) is 0.211. The summed E-state index contributed by atoms with van der Waals surface area (Å²) in [6.45, 7) is 1.36. The van der Waals surface area contributed by atoms with Crippen LogP contribution in [0, 0.1) is 0 Å². The van der Waals surface area contributed by atoms with Crippen molar-refractivity contribution in [2.24, 2.45) is 0 Å². The number of nitrogens with zero attached hydrogens (tertiary/aromatic N) is 1. The lowest BCUT2D eigenvalue weighted by Gasteiger charge is -2.09. The van der Waals surface area contributed by atoms with Crippen molar-refractivity contribution < 1.29 is 9.69 Å². The largest absolute Gasteiger partial charge is 0.347 e. The number of fused-ring (bicyclic) bond motifs is 1. The maximum atomic E-state index is 12.5. The van der Waals surface area contributed by atoms with Crippen molar-refractivity contribution in [3.05, 3.63) is 75.7 Å². The second-order valence-electron chi connectivity index (χ2n) is 6.33. The first-order valence-corrected chi connectivity index (χ1v) is 8.17. The van der Waals surface area contributed by atoms with E-state index in [0.29, 0.717) is 17.3 Å². The van der Waals surface area contributed by atoms with Gasteiger partial charge in [0.15, 0.2) is 5.69 Å². The molecule has 0 saturated carbocycles. The molecule has 3 N–H and O–H groups in total. The van der Waals surface area contributed by atoms with E-state index >= 15 is 0 Å². The van der Waals surface area contributed by atoms with Crippen LogP contribution in [0.5, 0.6) is 0 Å². The van der Waals surface area contributed by atoms with Crippen LogP contribution in [-0.4, -0.2) is 30.2 Å². The van der Waals surface area contributed by atoms with E-state index in [1.165, 1.54) is 10.5 Å². The number of aromatic nitrogens is 2. The van der Waals surface area contributed by atoms with Crippen LogP contribution in [-0.2, 0) is 13.1 Å². The summed E-state index contributed by atoms with van der Waals surface area (Å²) in [5.41, 5.74) is 2.19. The summed E-state index contributed by atoms with van der Waals surface area (Å²) >= 11 is 0. The van der Waals surface area contributed by atoms with E-state index in [1.54, 1.807) is 24.3 Å². The summed E-state index contributed by atoms with van der Waals surface area (Å²) < 4.78 is 0. The van der Waals surface area contributed by atoms with Crippen LogP contribution in [0.1, 0.15) is 21.6 Å². The van der Waals surface area contributed by atoms with Crippen molar-refractivity contribution in [3.8, 4) is 0 Å². The van der Waals surface area contributed by atoms with Crippen molar-refractivity contribution in [2.75, 3.05) is 14.1 Å². The van der Waals surface area contributed by atoms with Crippen LogP contribution < -0.4 is 15.8 Å². The number of rotatable bonds is 5. The van der Waals surface area contributed by atoms with Gasteiger partial charge in [-0.15, -0.1) is 0 Å². The van der Waals surface area contributed by atoms with Gasteiger partial charge in [-0.25, -0.2) is 5.10 Å². The first kappa shape index (κ1) is 16.9. The maximum Gasteiger partial charge on any atom is 0.272 e. The zero-order valence-corrected chi connectivity index (χ0v) is 14.3. The Hall–Kier alpha value is -2.99. The smallest absolute Gasteiger partial charge is 0.272 e. The lowest BCUT2D eigenvalue weighted by Crippen LogP contribution is -3.04. The molecule has 0 radical (unpaired) electrons. The number of quaternary nitrogens is 1. The van der Waals surface area contributed by atoms with E-state index in [0.717, 1.165) is 12.1 Å². The minimum atomic E-state index is -0.311. The normalized spacial score (nSPS) is 11.0. The number of hydrogen-bond acceptors (Lipinski definition) is 3. The van der Waals surface area contributed by atoms with Gasteiger partial charge in [0.1, 0.15) is 6.54 Å². The average molecular weight is 337 g/mol. The van der Waals surface area contributed by atoms with Crippen molar-refractivity contribution in [1.82, 2.24) is 15.5 Å². The van der Waals surface area contributed by atoms with Gasteiger partial charge in [-0.1, -0.05) is 42.5 Å². The minimum Gasteiger partial charge on any atom is -0.347 e. The first-order valence-electron chi connectivity index (χ1n) is 8.17. The second kappa shape index (κ2) is 7.27. The highest BCUT2D eigenvalue weighted by atomic mass is 16.2. The molecule has 0 atom stereocenters. The molecule has 128 valence electrons. The Labute approximate surface area is 145 Å². The summed E-state index contributed by atoms with van der Waals surface area (Å²) in [7, 11) is 4.21. The molecule has 0 aliphatic heterocycles. The van der Waals surface area contributed by atoms with Crippen molar-refractivity contribution in [1.29, 1.82) is 0 Å². The quantitative estimate of drug-likeness (QED) is 0.634. The standard InChI is InChI=1S/C19H20N4O2/c1-23(2)12-14-9-7-13(8-10-14)11-20-19(25)17-15-5-3-4-6-16(15)18(24)22-21-17/h3-10H,11-12H2,1-2H3,(H,20,25)(H,22,24)/p+1. The molecular formula is C19H21N4O2+. The third-order valence-corrected chi connectivity index (χ3v) is 3.94. The number of hydrogen-bond donors (Lipinski definition) is 3. The van der Waals surface area contributed by atoms with Gasteiger partial charge >= 0.3 is 0 Å². The molecular weight excluding hydrogens is 316 g/mol. The molecule has 0 saturated heterocycles. The van der Waals surface area contributed by atoms with Crippen LogP contribution in [0.25, 0.3) is 10.8 Å². The van der Waals surface area contributed by atoms with Crippen LogP contribution >= 0.6 is 0 Å². The van der Waals surface area contributed by atoms with Crippen LogP contribution in [0.15, 0.2) is 53.3 Å². The lowest BCUT2D eigenvalue weighted by molar-refractivity contribution is -0.872. The van der Waals surface area contributed by atoms with Crippen molar-refractivity contribution in [3.63, 3.8) is 0 Å². The molecule has 0 fully saturated rings. The number of amides is 1. The summed E-state index contributed by atoms with van der Waals surface area (Å²) in [6, 6.07) is 15.1. The Bertz CT molecular complexity index is 946. The molecule has 1 aromatic heterocycles. The van der Waals surface area contributed by atoms with Gasteiger partial charge in [-0.3, -0.25) is 9.59 Å². The van der Waals surface area contributed by atoms with Crippen LogP contribution in [0.4, 0.5) is 0 Å². The Morgan fingerprint density at radius 1 is 1.04 bits per heavy atom. The number of aromatic amines is 1. The minimum absolute atomic E-state index is 0.225. The van der Waals surface area contributed by atoms with E-state index in [2.05, 4.69) is 41.7 Å². The van der Waals surface area contributed by atoms with Crippen molar-refractivity contribution >= 4 is 16.7 Å². The van der Waals surface area contributed by atoms with Gasteiger partial charge in [0.05, 0.1) is 19.5 Å². The molecule has 0 spiro atoms. The van der Waals surface area contributed by atoms with E-state index in [1.807, 2.05) is 12.1 Å². The third kappa shape index (κ3) is 3.92. The fourth-order valence-corrected chi connectivity index (χ4v) is 2.74. The number of H-pyrrole nitrogens is 1. The Morgan fingerprint density at radius 3 is 2.36 bits per heavy atom. The SMILES string of the molecule is C[NH+](C)Cc1ccc(CNC(=O)c2n[nH]c(=O)c3ccccc23)cc1. The van der Waals surface area contributed by atoms with E-state index in [4.69, 9.17) is 0 Å². The molecule has 3 aromatic rings. The predicted molar refractivity (Wildman–Crippen MR) is 96.5 cm³/mol. The van der Waals surface area contributed by atoms with Gasteiger partial charge in [0, 0.05) is 17.5 Å². The summed E-state index contributed by atoms with van der Waals surface area (Å²) in [4.78, 5) is 25.6. The summed E-state index contributed by atoms with van der Waals surface area (Å²) in [6.07, 6.45) is 0.